The van der Waals surface area contributed by atoms with Crippen LogP contribution in [0.1, 0.15) is 55.4 Å². The van der Waals surface area contributed by atoms with Gasteiger partial charge in [-0.25, -0.2) is 0 Å². The number of hydrogen-bond donors (Lipinski definition) is 0. The summed E-state index contributed by atoms with van der Waals surface area (Å²) in [6.45, 7) is 3.37. The van der Waals surface area contributed by atoms with Crippen LogP contribution >= 0.6 is 15.9 Å². The van der Waals surface area contributed by atoms with Gasteiger partial charge in [-0.3, -0.25) is 4.90 Å². The van der Waals surface area contributed by atoms with Gasteiger partial charge in [0, 0.05) is 18.0 Å². The number of halogens is 1. The quantitative estimate of drug-likeness (QED) is 0.581. The summed E-state index contributed by atoms with van der Waals surface area (Å²) in [6, 6.07) is 9.48. The lowest BCUT2D eigenvalue weighted by atomic mass is 10.0. The number of hydrogen-bond acceptors (Lipinski definition) is 2. The predicted octanol–water partition coefficient (Wildman–Crippen LogP) is 4.46. The Hall–Kier alpha value is -0.380. The molecule has 0 bridgehead atoms. The van der Waals surface area contributed by atoms with E-state index >= 15 is 0 Å². The Kier molecular flexibility index (Phi) is 5.14. The van der Waals surface area contributed by atoms with Gasteiger partial charge >= 0.3 is 0 Å². The monoisotopic (exact) mass is 337 g/mol. The zero-order valence-electron chi connectivity index (χ0n) is 12.1. The fraction of sp³-hybridized carbons (Fsp3) is 0.647. The number of nitrogens with zero attached hydrogens (tertiary/aromatic N) is 1. The van der Waals surface area contributed by atoms with E-state index in [9.17, 15) is 0 Å². The molecule has 1 fully saturated rings. The van der Waals surface area contributed by atoms with Gasteiger partial charge in [0.2, 0.25) is 0 Å². The van der Waals surface area contributed by atoms with E-state index in [1.54, 1.807) is 0 Å². The molecule has 20 heavy (non-hydrogen) atoms. The highest BCUT2D eigenvalue weighted by atomic mass is 79.9. The number of rotatable bonds is 5. The molecule has 3 rings (SSSR count). The predicted molar refractivity (Wildman–Crippen MR) is 86.3 cm³/mol. The minimum absolute atomic E-state index is 0.303. The number of benzene rings is 1. The molecule has 2 aliphatic rings. The largest absolute Gasteiger partial charge is 0.373 e. The Balaban J connectivity index is 1.73. The van der Waals surface area contributed by atoms with E-state index in [1.165, 1.54) is 43.5 Å². The van der Waals surface area contributed by atoms with Gasteiger partial charge in [0.05, 0.1) is 6.10 Å². The molecule has 0 N–H and O–H groups in total. The van der Waals surface area contributed by atoms with Gasteiger partial charge in [-0.2, -0.15) is 0 Å². The lowest BCUT2D eigenvalue weighted by molar-refractivity contribution is 0.0352. The molecular weight excluding hydrogens is 314 g/mol. The molecule has 0 radical (unpaired) electrons. The number of likely N-dealkylation sites (tertiary alicyclic amines) is 1. The van der Waals surface area contributed by atoms with Crippen molar-refractivity contribution >= 4 is 15.9 Å². The van der Waals surface area contributed by atoms with Gasteiger partial charge in [-0.15, -0.1) is 0 Å². The van der Waals surface area contributed by atoms with Gasteiger partial charge in [0.1, 0.15) is 0 Å². The highest BCUT2D eigenvalue weighted by Gasteiger charge is 2.35. The van der Waals surface area contributed by atoms with Crippen molar-refractivity contribution in [3.63, 3.8) is 0 Å². The fourth-order valence-corrected chi connectivity index (χ4v) is 3.81. The van der Waals surface area contributed by atoms with Gasteiger partial charge in [0.15, 0.2) is 0 Å². The molecule has 3 heteroatoms. The average Bonchev–Trinajstić information content (AvgIpc) is 2.88. The Labute approximate surface area is 130 Å². The third-order valence-electron chi connectivity index (χ3n) is 4.57. The molecule has 0 saturated carbocycles. The average molecular weight is 338 g/mol. The maximum Gasteiger partial charge on any atom is 0.0846 e. The van der Waals surface area contributed by atoms with Crippen molar-refractivity contribution < 1.29 is 4.74 Å². The first-order valence-electron chi connectivity index (χ1n) is 7.90. The summed E-state index contributed by atoms with van der Waals surface area (Å²) in [6.07, 6.45) is 6.64. The van der Waals surface area contributed by atoms with Crippen LogP contribution in [0.4, 0.5) is 0 Å². The molecule has 0 amide bonds. The molecule has 110 valence electrons. The Morgan fingerprint density at radius 3 is 2.60 bits per heavy atom. The van der Waals surface area contributed by atoms with E-state index in [1.807, 2.05) is 0 Å². The van der Waals surface area contributed by atoms with Gasteiger partial charge in [0.25, 0.3) is 0 Å². The first kappa shape index (κ1) is 14.6. The van der Waals surface area contributed by atoms with Crippen molar-refractivity contribution in [1.29, 1.82) is 0 Å². The number of ether oxygens (including phenoxy) is 1. The summed E-state index contributed by atoms with van der Waals surface area (Å²) in [7, 11) is 0. The molecule has 2 atom stereocenters. The molecule has 0 aromatic heterocycles. The number of piperidine rings is 1. The first-order chi connectivity index (χ1) is 9.90. The Morgan fingerprint density at radius 2 is 1.85 bits per heavy atom. The van der Waals surface area contributed by atoms with Crippen LogP contribution in [-0.4, -0.2) is 29.9 Å². The second kappa shape index (κ2) is 7.06. The zero-order valence-corrected chi connectivity index (χ0v) is 13.6. The summed E-state index contributed by atoms with van der Waals surface area (Å²) < 4.78 is 6.13. The zero-order chi connectivity index (χ0) is 13.8. The Morgan fingerprint density at radius 1 is 1.10 bits per heavy atom. The normalized spacial score (nSPS) is 26.6. The minimum atomic E-state index is 0.303. The van der Waals surface area contributed by atoms with E-state index in [0.29, 0.717) is 12.1 Å². The van der Waals surface area contributed by atoms with E-state index in [-0.39, 0.29) is 0 Å². The highest BCUT2D eigenvalue weighted by Crippen LogP contribution is 2.44. The van der Waals surface area contributed by atoms with Crippen molar-refractivity contribution in [3.8, 4) is 0 Å². The van der Waals surface area contributed by atoms with Gasteiger partial charge < -0.3 is 4.74 Å². The van der Waals surface area contributed by atoms with Crippen molar-refractivity contribution in [2.45, 2.75) is 44.2 Å². The molecule has 1 aromatic rings. The topological polar surface area (TPSA) is 12.5 Å². The SMILES string of the molecule is BrCCCOC1CC(N2CCCCC2)c2ccccc21. The molecule has 2 nitrogen and oxygen atoms in total. The summed E-state index contributed by atoms with van der Waals surface area (Å²) in [4.78, 5) is 2.68. The van der Waals surface area contributed by atoms with Crippen LogP contribution in [0.15, 0.2) is 24.3 Å². The molecule has 1 heterocycles. The molecule has 1 aliphatic heterocycles. The minimum Gasteiger partial charge on any atom is -0.373 e. The molecule has 1 aliphatic carbocycles. The van der Waals surface area contributed by atoms with Crippen molar-refractivity contribution in [3.05, 3.63) is 35.4 Å². The Bertz CT molecular complexity index is 431. The maximum absolute atomic E-state index is 6.13. The van der Waals surface area contributed by atoms with Gasteiger partial charge in [-0.1, -0.05) is 46.6 Å². The summed E-state index contributed by atoms with van der Waals surface area (Å²) in [5.41, 5.74) is 2.94. The van der Waals surface area contributed by atoms with Gasteiger partial charge in [-0.05, 0) is 49.9 Å². The maximum atomic E-state index is 6.13. The second-order valence-electron chi connectivity index (χ2n) is 5.88. The molecule has 2 unspecified atom stereocenters. The summed E-state index contributed by atoms with van der Waals surface area (Å²) in [5.74, 6) is 0. The van der Waals surface area contributed by atoms with Crippen molar-refractivity contribution in [2.24, 2.45) is 0 Å². The van der Waals surface area contributed by atoms with Crippen LogP contribution in [0.25, 0.3) is 0 Å². The van der Waals surface area contributed by atoms with Crippen LogP contribution in [0.5, 0.6) is 0 Å². The molecule has 1 saturated heterocycles. The van der Waals surface area contributed by atoms with E-state index in [0.717, 1.165) is 24.8 Å². The molecule has 0 spiro atoms. The smallest absolute Gasteiger partial charge is 0.0846 e. The standard InChI is InChI=1S/C17H24BrNO/c18-9-6-12-20-17-13-16(19-10-4-1-5-11-19)14-7-2-3-8-15(14)17/h2-3,7-8,16-17H,1,4-6,9-13H2. The van der Waals surface area contributed by atoms with Crippen LogP contribution in [-0.2, 0) is 4.74 Å². The van der Waals surface area contributed by atoms with Crippen molar-refractivity contribution in [1.82, 2.24) is 4.90 Å². The first-order valence-corrected chi connectivity index (χ1v) is 9.02. The van der Waals surface area contributed by atoms with Crippen LogP contribution < -0.4 is 0 Å². The number of fused-ring (bicyclic) bond motifs is 1. The second-order valence-corrected chi connectivity index (χ2v) is 6.67. The lowest BCUT2D eigenvalue weighted by Crippen LogP contribution is -2.32. The summed E-state index contributed by atoms with van der Waals surface area (Å²) >= 11 is 3.48. The van der Waals surface area contributed by atoms with E-state index in [2.05, 4.69) is 45.1 Å². The third-order valence-corrected chi connectivity index (χ3v) is 5.13. The third kappa shape index (κ3) is 3.10. The number of alkyl halides is 1. The molecular formula is C17H24BrNO. The molecule has 1 aromatic carbocycles. The summed E-state index contributed by atoms with van der Waals surface area (Å²) in [5, 5.41) is 1.02. The van der Waals surface area contributed by atoms with E-state index in [4.69, 9.17) is 4.74 Å². The lowest BCUT2D eigenvalue weighted by Gasteiger charge is -2.32. The van der Waals surface area contributed by atoms with Crippen molar-refractivity contribution in [2.75, 3.05) is 25.0 Å². The highest BCUT2D eigenvalue weighted by molar-refractivity contribution is 9.09. The van der Waals surface area contributed by atoms with E-state index < -0.39 is 0 Å². The van der Waals surface area contributed by atoms with Crippen LogP contribution in [0.3, 0.4) is 0 Å². The van der Waals surface area contributed by atoms with Crippen LogP contribution in [0, 0.1) is 0 Å². The fourth-order valence-electron chi connectivity index (χ4n) is 3.58. The van der Waals surface area contributed by atoms with Crippen LogP contribution in [0.2, 0.25) is 0 Å².